The maximum absolute atomic E-state index is 13.8. The van der Waals surface area contributed by atoms with Gasteiger partial charge in [-0.3, -0.25) is 0 Å². The second-order valence-electron chi connectivity index (χ2n) is 3.73. The van der Waals surface area contributed by atoms with Gasteiger partial charge in [0, 0.05) is 0 Å². The second kappa shape index (κ2) is 5.02. The van der Waals surface area contributed by atoms with Crippen LogP contribution in [0, 0.1) is 17.1 Å². The lowest BCUT2D eigenvalue weighted by atomic mass is 10.2. The predicted octanol–water partition coefficient (Wildman–Crippen LogP) is 3.83. The molecule has 0 fully saturated rings. The molecule has 0 amide bonds. The molecule has 0 unspecified atom stereocenters. The van der Waals surface area contributed by atoms with Crippen LogP contribution in [0.3, 0.4) is 0 Å². The molecule has 0 saturated heterocycles. The molecule has 0 spiro atoms. The third-order valence-corrected chi connectivity index (χ3v) is 2.42. The molecule has 0 aromatic heterocycles. The van der Waals surface area contributed by atoms with E-state index in [1.807, 2.05) is 6.07 Å². The van der Waals surface area contributed by atoms with Gasteiger partial charge in [-0.1, -0.05) is 12.1 Å². The third kappa shape index (κ3) is 2.86. The smallest absolute Gasteiger partial charge is 0.429 e. The van der Waals surface area contributed by atoms with Crippen LogP contribution in [0.1, 0.15) is 11.1 Å². The van der Waals surface area contributed by atoms with Crippen LogP contribution in [0.4, 0.5) is 13.2 Å². The van der Waals surface area contributed by atoms with Gasteiger partial charge in [-0.15, -0.1) is 0 Å². The van der Waals surface area contributed by atoms with Gasteiger partial charge in [0.15, 0.2) is 0 Å². The minimum atomic E-state index is -3.78. The van der Waals surface area contributed by atoms with E-state index in [2.05, 4.69) is 4.74 Å². The number of alkyl halides is 2. The number of halogens is 3. The number of rotatable bonds is 3. The average molecular weight is 263 g/mol. The average Bonchev–Trinajstić information content (AvgIpc) is 2.39. The van der Waals surface area contributed by atoms with Crippen LogP contribution in [0.15, 0.2) is 48.5 Å². The first kappa shape index (κ1) is 13.0. The number of hydrogen-bond donors (Lipinski definition) is 0. The fraction of sp³-hybridized carbons (Fsp3) is 0.0714. The summed E-state index contributed by atoms with van der Waals surface area (Å²) in [5.74, 6) is -1.19. The Kier molecular flexibility index (Phi) is 3.43. The van der Waals surface area contributed by atoms with Gasteiger partial charge < -0.3 is 4.74 Å². The highest BCUT2D eigenvalue weighted by molar-refractivity contribution is 5.35. The van der Waals surface area contributed by atoms with Crippen LogP contribution in [0.5, 0.6) is 5.75 Å². The highest BCUT2D eigenvalue weighted by Crippen LogP contribution is 2.32. The lowest BCUT2D eigenvalue weighted by Crippen LogP contribution is -2.23. The summed E-state index contributed by atoms with van der Waals surface area (Å²) in [6.45, 7) is 0. The summed E-state index contributed by atoms with van der Waals surface area (Å²) < 4.78 is 45.3. The van der Waals surface area contributed by atoms with E-state index in [1.165, 1.54) is 36.4 Å². The molecule has 0 heterocycles. The number of benzene rings is 2. The standard InChI is InChI=1S/C14H8F3NO/c15-13-4-2-1-3-12(13)14(16,17)19-11-7-5-10(9-18)6-8-11/h1-8H. The number of hydrogen-bond acceptors (Lipinski definition) is 2. The summed E-state index contributed by atoms with van der Waals surface area (Å²) in [6.07, 6.45) is -3.78. The van der Waals surface area contributed by atoms with Gasteiger partial charge in [0.05, 0.1) is 17.2 Å². The van der Waals surface area contributed by atoms with Crippen molar-refractivity contribution >= 4 is 0 Å². The molecule has 0 aliphatic heterocycles. The summed E-state index contributed by atoms with van der Waals surface area (Å²) >= 11 is 0. The van der Waals surface area contributed by atoms with E-state index < -0.39 is 17.5 Å². The molecule has 0 N–H and O–H groups in total. The topological polar surface area (TPSA) is 33.0 Å². The van der Waals surface area contributed by atoms with E-state index in [4.69, 9.17) is 5.26 Å². The van der Waals surface area contributed by atoms with Gasteiger partial charge >= 0.3 is 6.11 Å². The fourth-order valence-corrected chi connectivity index (χ4v) is 1.50. The van der Waals surface area contributed by atoms with E-state index in [-0.39, 0.29) is 5.75 Å². The van der Waals surface area contributed by atoms with Gasteiger partial charge in [-0.2, -0.15) is 14.0 Å². The molecule has 2 aromatic carbocycles. The Balaban J connectivity index is 2.26. The third-order valence-electron chi connectivity index (χ3n) is 2.42. The van der Waals surface area contributed by atoms with Gasteiger partial charge in [0.1, 0.15) is 11.6 Å². The van der Waals surface area contributed by atoms with E-state index in [0.29, 0.717) is 5.56 Å². The lowest BCUT2D eigenvalue weighted by molar-refractivity contribution is -0.187. The van der Waals surface area contributed by atoms with Crippen molar-refractivity contribution < 1.29 is 17.9 Å². The van der Waals surface area contributed by atoms with Crippen molar-refractivity contribution in [3.8, 4) is 11.8 Å². The summed E-state index contributed by atoms with van der Waals surface area (Å²) in [5, 5.41) is 8.59. The van der Waals surface area contributed by atoms with Gasteiger partial charge in [-0.25, -0.2) is 4.39 Å². The minimum Gasteiger partial charge on any atom is -0.429 e. The van der Waals surface area contributed by atoms with Gasteiger partial charge in [-0.05, 0) is 36.4 Å². The Bertz CT molecular complexity index is 617. The molecule has 0 radical (unpaired) electrons. The summed E-state index contributed by atoms with van der Waals surface area (Å²) in [4.78, 5) is 0. The van der Waals surface area contributed by atoms with Crippen LogP contribution >= 0.6 is 0 Å². The lowest BCUT2D eigenvalue weighted by Gasteiger charge is -2.18. The summed E-state index contributed by atoms with van der Waals surface area (Å²) in [6, 6.07) is 11.5. The molecule has 2 rings (SSSR count). The maximum Gasteiger partial charge on any atom is 0.429 e. The number of nitrogens with zero attached hydrogens (tertiary/aromatic N) is 1. The van der Waals surface area contributed by atoms with E-state index >= 15 is 0 Å². The number of nitriles is 1. The highest BCUT2D eigenvalue weighted by atomic mass is 19.3. The van der Waals surface area contributed by atoms with Gasteiger partial charge in [0.25, 0.3) is 0 Å². The van der Waals surface area contributed by atoms with E-state index in [0.717, 1.165) is 12.1 Å². The Morgan fingerprint density at radius 1 is 1.00 bits per heavy atom. The van der Waals surface area contributed by atoms with Crippen molar-refractivity contribution in [2.45, 2.75) is 6.11 Å². The molecular weight excluding hydrogens is 255 g/mol. The molecule has 2 aromatic rings. The van der Waals surface area contributed by atoms with E-state index in [9.17, 15) is 13.2 Å². The molecule has 0 aliphatic rings. The Morgan fingerprint density at radius 2 is 1.63 bits per heavy atom. The monoisotopic (exact) mass is 263 g/mol. The van der Waals surface area contributed by atoms with Crippen molar-refractivity contribution in [3.05, 3.63) is 65.5 Å². The molecule has 0 atom stereocenters. The van der Waals surface area contributed by atoms with Crippen LogP contribution in [0.2, 0.25) is 0 Å². The van der Waals surface area contributed by atoms with Crippen LogP contribution < -0.4 is 4.74 Å². The zero-order valence-electron chi connectivity index (χ0n) is 9.61. The first-order valence-electron chi connectivity index (χ1n) is 5.35. The Labute approximate surface area is 107 Å². The molecule has 19 heavy (non-hydrogen) atoms. The van der Waals surface area contributed by atoms with E-state index in [1.54, 1.807) is 0 Å². The Hall–Kier alpha value is -2.48. The highest BCUT2D eigenvalue weighted by Gasteiger charge is 2.37. The molecule has 0 saturated carbocycles. The normalized spacial score (nSPS) is 10.8. The first-order chi connectivity index (χ1) is 9.03. The van der Waals surface area contributed by atoms with Crippen molar-refractivity contribution in [1.82, 2.24) is 0 Å². The van der Waals surface area contributed by atoms with Crippen molar-refractivity contribution in [2.24, 2.45) is 0 Å². The summed E-state index contributed by atoms with van der Waals surface area (Å²) in [7, 11) is 0. The van der Waals surface area contributed by atoms with Crippen molar-refractivity contribution in [3.63, 3.8) is 0 Å². The maximum atomic E-state index is 13.8. The fourth-order valence-electron chi connectivity index (χ4n) is 1.50. The van der Waals surface area contributed by atoms with Crippen LogP contribution in [-0.2, 0) is 6.11 Å². The molecule has 0 bridgehead atoms. The van der Waals surface area contributed by atoms with Crippen molar-refractivity contribution in [2.75, 3.05) is 0 Å². The zero-order chi connectivity index (χ0) is 13.9. The molecule has 0 aliphatic carbocycles. The van der Waals surface area contributed by atoms with Gasteiger partial charge in [0.2, 0.25) is 0 Å². The Morgan fingerprint density at radius 3 is 2.21 bits per heavy atom. The largest absolute Gasteiger partial charge is 0.429 e. The molecular formula is C14H8F3NO. The molecule has 96 valence electrons. The SMILES string of the molecule is N#Cc1ccc(OC(F)(F)c2ccccc2F)cc1. The van der Waals surface area contributed by atoms with Crippen molar-refractivity contribution in [1.29, 1.82) is 5.26 Å². The predicted molar refractivity (Wildman–Crippen MR) is 62.1 cm³/mol. The first-order valence-corrected chi connectivity index (χ1v) is 5.35. The van der Waals surface area contributed by atoms with Crippen LogP contribution in [0.25, 0.3) is 0 Å². The molecule has 2 nitrogen and oxygen atoms in total. The zero-order valence-corrected chi connectivity index (χ0v) is 9.61. The minimum absolute atomic E-state index is 0.146. The quantitative estimate of drug-likeness (QED) is 0.843. The van der Waals surface area contributed by atoms with Crippen LogP contribution in [-0.4, -0.2) is 0 Å². The summed E-state index contributed by atoms with van der Waals surface area (Å²) in [5.41, 5.74) is -0.513. The number of ether oxygens (including phenoxy) is 1. The second-order valence-corrected chi connectivity index (χ2v) is 3.73. The molecule has 5 heteroatoms.